The Morgan fingerprint density at radius 3 is 1.50 bits per heavy atom. The largest absolute Gasteiger partial charge is 0.456 e. The average molecular weight is 892 g/mol. The summed E-state index contributed by atoms with van der Waals surface area (Å²) < 4.78 is 13.5. The monoisotopic (exact) mass is 891 g/mol. The van der Waals surface area contributed by atoms with E-state index in [4.69, 9.17) is 9.15 Å². The van der Waals surface area contributed by atoms with E-state index in [1.165, 1.54) is 66.8 Å². The lowest BCUT2D eigenvalue weighted by Gasteiger charge is -2.36. The van der Waals surface area contributed by atoms with Gasteiger partial charge in [-0.3, -0.25) is 0 Å². The van der Waals surface area contributed by atoms with E-state index in [2.05, 4.69) is 248 Å². The van der Waals surface area contributed by atoms with E-state index in [0.29, 0.717) is 0 Å². The highest BCUT2D eigenvalue weighted by Crippen LogP contribution is 2.63. The van der Waals surface area contributed by atoms with Crippen LogP contribution in [-0.2, 0) is 5.41 Å². The molecule has 0 bridgehead atoms. The molecule has 70 heavy (non-hydrogen) atoms. The second kappa shape index (κ2) is 14.9. The van der Waals surface area contributed by atoms with Gasteiger partial charge in [0.05, 0.1) is 5.41 Å². The van der Waals surface area contributed by atoms with Gasteiger partial charge in [0.15, 0.2) is 0 Å². The van der Waals surface area contributed by atoms with Crippen LogP contribution in [0.3, 0.4) is 0 Å². The lowest BCUT2D eigenvalue weighted by molar-refractivity contribution is 0.488. The van der Waals surface area contributed by atoms with E-state index in [1.807, 2.05) is 6.07 Å². The van der Waals surface area contributed by atoms with Crippen molar-refractivity contribution in [3.05, 3.63) is 271 Å². The van der Waals surface area contributed by atoms with Crippen molar-refractivity contribution in [1.82, 2.24) is 0 Å². The first-order chi connectivity index (χ1) is 34.7. The molecule has 15 rings (SSSR count). The average Bonchev–Trinajstić information content (AvgIpc) is 3.86. The molecule has 1 aromatic heterocycles. The lowest BCUT2D eigenvalue weighted by Crippen LogP contribution is -2.29. The van der Waals surface area contributed by atoms with Crippen molar-refractivity contribution in [2.75, 3.05) is 4.90 Å². The van der Waals surface area contributed by atoms with Crippen LogP contribution in [0, 0.1) is 0 Å². The maximum absolute atomic E-state index is 6.78. The van der Waals surface area contributed by atoms with Crippen LogP contribution in [0.5, 0.6) is 11.5 Å². The molecule has 3 heteroatoms. The van der Waals surface area contributed by atoms with Gasteiger partial charge in [0.1, 0.15) is 22.7 Å². The Labute approximate surface area is 405 Å². The fourth-order valence-corrected chi connectivity index (χ4v) is 12.1. The summed E-state index contributed by atoms with van der Waals surface area (Å²) in [6.07, 6.45) is 0. The molecule has 0 saturated heterocycles. The van der Waals surface area contributed by atoms with Gasteiger partial charge in [-0.05, 0) is 145 Å². The summed E-state index contributed by atoms with van der Waals surface area (Å²) in [5.41, 5.74) is 23.3. The third-order valence-electron chi connectivity index (χ3n) is 15.1. The summed E-state index contributed by atoms with van der Waals surface area (Å²) in [7, 11) is 0. The molecule has 0 radical (unpaired) electrons. The fourth-order valence-electron chi connectivity index (χ4n) is 12.1. The third-order valence-corrected chi connectivity index (χ3v) is 15.1. The molecule has 1 atom stereocenters. The van der Waals surface area contributed by atoms with E-state index < -0.39 is 5.41 Å². The molecule has 3 aliphatic rings. The first-order valence-electron chi connectivity index (χ1n) is 24.1. The van der Waals surface area contributed by atoms with Crippen LogP contribution in [0.2, 0.25) is 0 Å². The van der Waals surface area contributed by atoms with Gasteiger partial charge in [0.2, 0.25) is 0 Å². The van der Waals surface area contributed by atoms with Gasteiger partial charge in [-0.25, -0.2) is 0 Å². The van der Waals surface area contributed by atoms with Crippen molar-refractivity contribution in [3.8, 4) is 78.3 Å². The van der Waals surface area contributed by atoms with Gasteiger partial charge in [-0.2, -0.15) is 0 Å². The molecule has 2 heterocycles. The summed E-state index contributed by atoms with van der Waals surface area (Å²) in [5, 5.41) is 2.26. The summed E-state index contributed by atoms with van der Waals surface area (Å²) in [5.74, 6) is 1.68. The summed E-state index contributed by atoms with van der Waals surface area (Å²) in [6, 6.07) is 90.7. The van der Waals surface area contributed by atoms with Crippen molar-refractivity contribution in [3.63, 3.8) is 0 Å². The Hall–Kier alpha value is -9.18. The Kier molecular flexibility index (Phi) is 8.28. The maximum Gasteiger partial charge on any atom is 0.135 e. The zero-order chi connectivity index (χ0) is 45.9. The van der Waals surface area contributed by atoms with Gasteiger partial charge in [-0.15, -0.1) is 0 Å². The number of rotatable bonds is 4. The van der Waals surface area contributed by atoms with Gasteiger partial charge in [0, 0.05) is 39.0 Å². The molecule has 1 spiro atoms. The molecular formula is C67H41NO2. The third kappa shape index (κ3) is 5.52. The van der Waals surface area contributed by atoms with E-state index in [9.17, 15) is 0 Å². The molecule has 3 nitrogen and oxygen atoms in total. The van der Waals surface area contributed by atoms with Crippen molar-refractivity contribution < 1.29 is 9.15 Å². The van der Waals surface area contributed by atoms with Crippen LogP contribution in [0.4, 0.5) is 17.1 Å². The molecule has 11 aromatic carbocycles. The van der Waals surface area contributed by atoms with E-state index >= 15 is 0 Å². The van der Waals surface area contributed by atoms with Crippen LogP contribution in [0.25, 0.3) is 88.7 Å². The molecular weight excluding hydrogens is 851 g/mol. The van der Waals surface area contributed by atoms with Crippen LogP contribution < -0.4 is 9.64 Å². The number of hydrogen-bond acceptors (Lipinski definition) is 3. The minimum atomic E-state index is -0.676. The molecule has 0 N–H and O–H groups in total. The molecule has 0 amide bonds. The Morgan fingerprint density at radius 2 is 0.757 bits per heavy atom. The Bertz CT molecular complexity index is 4110. The molecule has 326 valence electrons. The van der Waals surface area contributed by atoms with Crippen molar-refractivity contribution in [1.29, 1.82) is 0 Å². The number of benzene rings is 11. The molecule has 1 unspecified atom stereocenters. The van der Waals surface area contributed by atoms with Crippen LogP contribution in [0.15, 0.2) is 253 Å². The molecule has 0 saturated carbocycles. The van der Waals surface area contributed by atoms with E-state index in [-0.39, 0.29) is 0 Å². The molecule has 2 aliphatic carbocycles. The molecule has 1 aliphatic heterocycles. The highest BCUT2D eigenvalue weighted by molar-refractivity contribution is 6.09. The minimum absolute atomic E-state index is 0.676. The van der Waals surface area contributed by atoms with Crippen molar-refractivity contribution in [2.45, 2.75) is 5.41 Å². The van der Waals surface area contributed by atoms with Gasteiger partial charge < -0.3 is 14.1 Å². The number of anilines is 3. The van der Waals surface area contributed by atoms with Crippen LogP contribution in [-0.4, -0.2) is 0 Å². The predicted molar refractivity (Wildman–Crippen MR) is 287 cm³/mol. The summed E-state index contributed by atoms with van der Waals surface area (Å²) >= 11 is 0. The lowest BCUT2D eigenvalue weighted by atomic mass is 9.66. The fraction of sp³-hybridized carbons (Fsp3) is 0.0149. The first-order valence-corrected chi connectivity index (χ1v) is 24.1. The number of para-hydroxylation sites is 2. The summed E-state index contributed by atoms with van der Waals surface area (Å²) in [4.78, 5) is 2.41. The zero-order valence-electron chi connectivity index (χ0n) is 37.9. The Balaban J connectivity index is 1.00. The highest BCUT2D eigenvalue weighted by atomic mass is 16.5. The van der Waals surface area contributed by atoms with Crippen molar-refractivity contribution >= 4 is 39.0 Å². The number of furan rings is 1. The number of ether oxygens (including phenoxy) is 1. The SMILES string of the molecule is c1ccc(-c2ccc(N(c3ccc4c(c3)-c3ccccc3-c3ccccc3O4)c3ccc4c(c3)-c3ccccc3-c3ccccc3C43c4ccccc4-c4cc5c(cc43)oc3ccccc35)cc2)cc1. The second-order valence-corrected chi connectivity index (χ2v) is 18.7. The smallest absolute Gasteiger partial charge is 0.135 e. The number of fused-ring (bicyclic) bond motifs is 20. The van der Waals surface area contributed by atoms with Gasteiger partial charge in [-0.1, -0.05) is 182 Å². The van der Waals surface area contributed by atoms with Crippen molar-refractivity contribution in [2.24, 2.45) is 0 Å². The van der Waals surface area contributed by atoms with Gasteiger partial charge >= 0.3 is 0 Å². The maximum atomic E-state index is 6.78. The topological polar surface area (TPSA) is 25.6 Å². The highest BCUT2D eigenvalue weighted by Gasteiger charge is 2.50. The summed E-state index contributed by atoms with van der Waals surface area (Å²) in [6.45, 7) is 0. The predicted octanol–water partition coefficient (Wildman–Crippen LogP) is 18.2. The van der Waals surface area contributed by atoms with Crippen LogP contribution >= 0.6 is 0 Å². The normalized spacial score (nSPS) is 14.5. The molecule has 0 fully saturated rings. The number of hydrogen-bond donors (Lipinski definition) is 0. The number of nitrogens with zero attached hydrogens (tertiary/aromatic N) is 1. The standard InChI is InChI=1S/C67H41NO2/c1-2-16-42(17-3-1)43-30-32-44(33-31-43)68(46-35-37-65-57(39-46)50-21-7-5-19-48(50)53-24-10-14-28-63(53)69-65)45-34-36-61-55(38-45)49-20-6-4-18-47(49)51-22-8-12-26-59(51)67(61)60-27-13-9-23-52(60)56-40-58-54-25-11-15-29-64(54)70-66(58)41-62(56)67/h1-41H. The van der Waals surface area contributed by atoms with Crippen LogP contribution in [0.1, 0.15) is 22.3 Å². The second-order valence-electron chi connectivity index (χ2n) is 18.7. The Morgan fingerprint density at radius 1 is 0.271 bits per heavy atom. The quantitative estimate of drug-likeness (QED) is 0.176. The van der Waals surface area contributed by atoms with E-state index in [1.54, 1.807) is 0 Å². The first kappa shape index (κ1) is 38.9. The zero-order valence-corrected chi connectivity index (χ0v) is 37.9. The van der Waals surface area contributed by atoms with E-state index in [0.717, 1.165) is 72.8 Å². The van der Waals surface area contributed by atoms with Gasteiger partial charge in [0.25, 0.3) is 0 Å². The molecule has 12 aromatic rings. The minimum Gasteiger partial charge on any atom is -0.456 e.